The van der Waals surface area contributed by atoms with Crippen LogP contribution in [0.4, 0.5) is 0 Å². The first-order chi connectivity index (χ1) is 14.6. The van der Waals surface area contributed by atoms with Crippen LogP contribution in [-0.4, -0.2) is 27.0 Å². The minimum absolute atomic E-state index is 0.0460. The predicted octanol–water partition coefficient (Wildman–Crippen LogP) is 6.42. The molecule has 3 rings (SSSR count). The second kappa shape index (κ2) is 10.9. The zero-order chi connectivity index (χ0) is 21.5. The van der Waals surface area contributed by atoms with Crippen LogP contribution in [0.1, 0.15) is 86.4 Å². The highest BCUT2D eigenvalue weighted by Gasteiger charge is 2.20. The molecule has 0 aliphatic heterocycles. The molecule has 5 heteroatoms. The number of carbonyl (C=O) groups excluding carboxylic acids is 1. The Bertz CT molecular complexity index is 942. The van der Waals surface area contributed by atoms with Gasteiger partial charge in [0.1, 0.15) is 5.82 Å². The molecule has 1 aromatic carbocycles. The Hall–Kier alpha value is -1.98. The van der Waals surface area contributed by atoms with Gasteiger partial charge in [-0.15, -0.1) is 11.3 Å². The fraction of sp³-hybridized carbons (Fsp3) is 0.520. The summed E-state index contributed by atoms with van der Waals surface area (Å²) in [4.78, 5) is 19.1. The molecule has 4 nitrogen and oxygen atoms in total. The number of ketones is 1. The Morgan fingerprint density at radius 2 is 2.00 bits per heavy atom. The van der Waals surface area contributed by atoms with E-state index in [0.29, 0.717) is 18.0 Å². The number of aliphatic hydroxyl groups excluding tert-OH is 1. The maximum atomic E-state index is 12.9. The van der Waals surface area contributed by atoms with Crippen molar-refractivity contribution < 1.29 is 9.90 Å². The average Bonchev–Trinajstić information content (AvgIpc) is 3.39. The van der Waals surface area contributed by atoms with Gasteiger partial charge in [-0.05, 0) is 54.8 Å². The lowest BCUT2D eigenvalue weighted by Crippen LogP contribution is -2.13. The van der Waals surface area contributed by atoms with E-state index in [1.165, 1.54) is 4.88 Å². The van der Waals surface area contributed by atoms with E-state index in [0.717, 1.165) is 55.4 Å². The Labute approximate surface area is 184 Å². The Balaban J connectivity index is 1.92. The number of aliphatic hydroxyl groups is 1. The molecule has 1 N–H and O–H groups in total. The maximum absolute atomic E-state index is 12.9. The van der Waals surface area contributed by atoms with Crippen molar-refractivity contribution in [3.63, 3.8) is 0 Å². The highest BCUT2D eigenvalue weighted by molar-refractivity contribution is 7.09. The molecule has 162 valence electrons. The summed E-state index contributed by atoms with van der Waals surface area (Å²) in [6.07, 6.45) is 6.34. The molecule has 30 heavy (non-hydrogen) atoms. The summed E-state index contributed by atoms with van der Waals surface area (Å²) in [7, 11) is 0. The first-order valence-corrected chi connectivity index (χ1v) is 12.2. The molecule has 3 aromatic rings. The first-order valence-electron chi connectivity index (χ1n) is 11.3. The molecule has 0 saturated heterocycles. The standard InChI is InChI=1S/C25H34N2O2S/c1-4-7-9-18(17-28)14-24(29)19-11-12-23-22(15-19)26-25(16-21-10-8-13-30-21)27(23)20(5-2)6-3/h8,10-13,15,18,20,28H,4-7,9,14,16-17H2,1-3H3/t18-/m0/s1. The summed E-state index contributed by atoms with van der Waals surface area (Å²) in [5.74, 6) is 1.22. The van der Waals surface area contributed by atoms with E-state index in [2.05, 4.69) is 48.9 Å². The van der Waals surface area contributed by atoms with Gasteiger partial charge in [-0.25, -0.2) is 4.98 Å². The zero-order valence-corrected chi connectivity index (χ0v) is 19.3. The smallest absolute Gasteiger partial charge is 0.163 e. The molecule has 0 fully saturated rings. The SMILES string of the molecule is CCCC[C@H](CO)CC(=O)c1ccc2c(c1)nc(Cc1cccs1)n2C(CC)CC. The van der Waals surface area contributed by atoms with Crippen molar-refractivity contribution in [2.75, 3.05) is 6.61 Å². The molecule has 0 bridgehead atoms. The van der Waals surface area contributed by atoms with Crippen LogP contribution < -0.4 is 0 Å². The van der Waals surface area contributed by atoms with Crippen LogP contribution >= 0.6 is 11.3 Å². The van der Waals surface area contributed by atoms with Gasteiger partial charge in [0, 0.05) is 35.9 Å². The number of fused-ring (bicyclic) bond motifs is 1. The fourth-order valence-electron chi connectivity index (χ4n) is 4.21. The lowest BCUT2D eigenvalue weighted by Gasteiger charge is -2.19. The first kappa shape index (κ1) is 22.7. The molecule has 1 atom stereocenters. The number of aromatic nitrogens is 2. The van der Waals surface area contributed by atoms with Crippen molar-refractivity contribution in [2.24, 2.45) is 5.92 Å². The summed E-state index contributed by atoms with van der Waals surface area (Å²) in [5.41, 5.74) is 2.71. The lowest BCUT2D eigenvalue weighted by atomic mass is 9.94. The summed E-state index contributed by atoms with van der Waals surface area (Å²) in [6.45, 7) is 6.65. The van der Waals surface area contributed by atoms with Crippen molar-refractivity contribution in [3.8, 4) is 0 Å². The van der Waals surface area contributed by atoms with Crippen LogP contribution in [0.3, 0.4) is 0 Å². The minimum Gasteiger partial charge on any atom is -0.396 e. The van der Waals surface area contributed by atoms with Gasteiger partial charge < -0.3 is 9.67 Å². The molecule has 0 amide bonds. The third kappa shape index (κ3) is 5.19. The summed E-state index contributed by atoms with van der Waals surface area (Å²) < 4.78 is 2.38. The van der Waals surface area contributed by atoms with Gasteiger partial charge in [-0.1, -0.05) is 39.7 Å². The molecule has 0 aliphatic carbocycles. The molecule has 0 unspecified atom stereocenters. The summed E-state index contributed by atoms with van der Waals surface area (Å²) in [6, 6.07) is 10.6. The van der Waals surface area contributed by atoms with E-state index in [-0.39, 0.29) is 18.3 Å². The van der Waals surface area contributed by atoms with Gasteiger partial charge in [0.05, 0.1) is 11.0 Å². The fourth-order valence-corrected chi connectivity index (χ4v) is 4.91. The van der Waals surface area contributed by atoms with Gasteiger partial charge in [0.2, 0.25) is 0 Å². The van der Waals surface area contributed by atoms with Crippen molar-refractivity contribution in [1.29, 1.82) is 0 Å². The zero-order valence-electron chi connectivity index (χ0n) is 18.4. The number of unbranched alkanes of at least 4 members (excludes halogenated alkanes) is 1. The predicted molar refractivity (Wildman–Crippen MR) is 126 cm³/mol. The minimum atomic E-state index is 0.0460. The van der Waals surface area contributed by atoms with E-state index in [9.17, 15) is 9.90 Å². The quantitative estimate of drug-likeness (QED) is 0.340. The van der Waals surface area contributed by atoms with Crippen molar-refractivity contribution in [1.82, 2.24) is 9.55 Å². The molecule has 2 aromatic heterocycles. The normalized spacial score (nSPS) is 12.7. The molecular formula is C25H34N2O2S. The van der Waals surface area contributed by atoms with E-state index >= 15 is 0 Å². The molecule has 0 spiro atoms. The number of imidazole rings is 1. The average molecular weight is 427 g/mol. The maximum Gasteiger partial charge on any atom is 0.163 e. The van der Waals surface area contributed by atoms with Gasteiger partial charge in [-0.3, -0.25) is 4.79 Å². The van der Waals surface area contributed by atoms with Crippen LogP contribution in [0.5, 0.6) is 0 Å². The Kier molecular flexibility index (Phi) is 8.23. The van der Waals surface area contributed by atoms with E-state index in [1.54, 1.807) is 11.3 Å². The number of nitrogens with zero attached hydrogens (tertiary/aromatic N) is 2. The Morgan fingerprint density at radius 3 is 2.63 bits per heavy atom. The molecule has 2 heterocycles. The largest absolute Gasteiger partial charge is 0.396 e. The van der Waals surface area contributed by atoms with Crippen LogP contribution in [0.15, 0.2) is 35.7 Å². The molecular weight excluding hydrogens is 392 g/mol. The summed E-state index contributed by atoms with van der Waals surface area (Å²) in [5, 5.41) is 11.7. The van der Waals surface area contributed by atoms with Gasteiger partial charge in [0.25, 0.3) is 0 Å². The van der Waals surface area contributed by atoms with Gasteiger partial charge in [0.15, 0.2) is 5.78 Å². The second-order valence-corrected chi connectivity index (χ2v) is 9.18. The number of rotatable bonds is 12. The van der Waals surface area contributed by atoms with Crippen LogP contribution in [0, 0.1) is 5.92 Å². The van der Waals surface area contributed by atoms with Gasteiger partial charge >= 0.3 is 0 Å². The number of hydrogen-bond donors (Lipinski definition) is 1. The molecule has 0 aliphatic rings. The van der Waals surface area contributed by atoms with Crippen LogP contribution in [0.25, 0.3) is 11.0 Å². The van der Waals surface area contributed by atoms with E-state index in [4.69, 9.17) is 4.98 Å². The third-order valence-electron chi connectivity index (χ3n) is 6.00. The number of Topliss-reactive ketones (excluding diaryl/α,β-unsaturated/α-hetero) is 1. The third-order valence-corrected chi connectivity index (χ3v) is 6.88. The van der Waals surface area contributed by atoms with E-state index in [1.807, 2.05) is 12.1 Å². The van der Waals surface area contributed by atoms with Crippen LogP contribution in [-0.2, 0) is 6.42 Å². The number of benzene rings is 1. The number of hydrogen-bond acceptors (Lipinski definition) is 4. The van der Waals surface area contributed by atoms with E-state index < -0.39 is 0 Å². The molecule has 0 saturated carbocycles. The summed E-state index contributed by atoms with van der Waals surface area (Å²) >= 11 is 1.76. The second-order valence-electron chi connectivity index (χ2n) is 8.15. The van der Waals surface area contributed by atoms with Crippen molar-refractivity contribution in [2.45, 2.75) is 71.8 Å². The molecule has 0 radical (unpaired) electrons. The number of thiophene rings is 1. The topological polar surface area (TPSA) is 55.1 Å². The highest BCUT2D eigenvalue weighted by Crippen LogP contribution is 2.29. The Morgan fingerprint density at radius 1 is 1.20 bits per heavy atom. The highest BCUT2D eigenvalue weighted by atomic mass is 32.1. The van der Waals surface area contributed by atoms with Crippen molar-refractivity contribution in [3.05, 3.63) is 52.0 Å². The number of carbonyl (C=O) groups is 1. The van der Waals surface area contributed by atoms with Crippen molar-refractivity contribution >= 4 is 28.2 Å². The lowest BCUT2D eigenvalue weighted by molar-refractivity contribution is 0.0930. The van der Waals surface area contributed by atoms with Gasteiger partial charge in [-0.2, -0.15) is 0 Å². The monoisotopic (exact) mass is 426 g/mol. The van der Waals surface area contributed by atoms with Crippen LogP contribution in [0.2, 0.25) is 0 Å².